The van der Waals surface area contributed by atoms with Gasteiger partial charge in [-0.2, -0.15) is 0 Å². The fraction of sp³-hybridized carbons (Fsp3) is 0.409. The summed E-state index contributed by atoms with van der Waals surface area (Å²) in [4.78, 5) is 16.5. The van der Waals surface area contributed by atoms with E-state index < -0.39 is 0 Å². The zero-order valence-corrected chi connectivity index (χ0v) is 18.6. The molecule has 6 heteroatoms. The van der Waals surface area contributed by atoms with Crippen LogP contribution in [0.2, 0.25) is 5.02 Å². The number of nitrogens with zero attached hydrogens (tertiary/aromatic N) is 2. The van der Waals surface area contributed by atoms with E-state index >= 15 is 0 Å². The molecule has 0 bridgehead atoms. The molecule has 4 nitrogen and oxygen atoms in total. The van der Waals surface area contributed by atoms with E-state index in [1.165, 1.54) is 5.56 Å². The van der Waals surface area contributed by atoms with Crippen LogP contribution in [0.25, 0.3) is 0 Å². The maximum absolute atomic E-state index is 12.3. The Bertz CT molecular complexity index is 772. The highest BCUT2D eigenvalue weighted by molar-refractivity contribution is 9.10. The summed E-state index contributed by atoms with van der Waals surface area (Å²) >= 11 is 9.89. The maximum Gasteiger partial charge on any atom is 0.409 e. The van der Waals surface area contributed by atoms with Gasteiger partial charge in [-0.3, -0.25) is 4.90 Å². The van der Waals surface area contributed by atoms with Gasteiger partial charge in [0.05, 0.1) is 12.6 Å². The van der Waals surface area contributed by atoms with Crippen molar-refractivity contribution in [3.63, 3.8) is 0 Å². The molecule has 0 saturated carbocycles. The fourth-order valence-corrected chi connectivity index (χ4v) is 4.36. The zero-order valence-electron chi connectivity index (χ0n) is 16.3. The zero-order chi connectivity index (χ0) is 20.1. The molecule has 1 fully saturated rings. The van der Waals surface area contributed by atoms with Crippen LogP contribution in [-0.2, 0) is 4.74 Å². The number of benzene rings is 2. The van der Waals surface area contributed by atoms with Crippen molar-refractivity contribution in [1.82, 2.24) is 9.80 Å². The largest absolute Gasteiger partial charge is 0.449 e. The van der Waals surface area contributed by atoms with Crippen LogP contribution in [0.3, 0.4) is 0 Å². The predicted octanol–water partition coefficient (Wildman–Crippen LogP) is 5.60. The summed E-state index contributed by atoms with van der Waals surface area (Å²) in [7, 11) is 0. The molecule has 1 amide bonds. The summed E-state index contributed by atoms with van der Waals surface area (Å²) in [6.07, 6.45) is -0.213. The van der Waals surface area contributed by atoms with Gasteiger partial charge in [0.15, 0.2) is 0 Å². The first-order chi connectivity index (χ1) is 13.4. The van der Waals surface area contributed by atoms with Crippen LogP contribution in [0.1, 0.15) is 31.0 Å². The van der Waals surface area contributed by atoms with E-state index in [0.29, 0.717) is 30.6 Å². The lowest BCUT2D eigenvalue weighted by Crippen LogP contribution is -2.50. The third-order valence-corrected chi connectivity index (χ3v) is 5.47. The number of amides is 1. The summed E-state index contributed by atoms with van der Waals surface area (Å²) in [5.41, 5.74) is 2.36. The van der Waals surface area contributed by atoms with Crippen molar-refractivity contribution < 1.29 is 9.53 Å². The quantitative estimate of drug-likeness (QED) is 0.576. The van der Waals surface area contributed by atoms with Crippen LogP contribution >= 0.6 is 27.5 Å². The third-order valence-electron chi connectivity index (χ3n) is 4.79. The van der Waals surface area contributed by atoms with Crippen molar-refractivity contribution in [2.45, 2.75) is 19.9 Å². The average molecular weight is 466 g/mol. The average Bonchev–Trinajstić information content (AvgIpc) is 2.67. The molecule has 2 aromatic rings. The molecule has 150 valence electrons. The molecular formula is C22H26BrClN2O2. The molecule has 1 atom stereocenters. The number of carbonyl (C=O) groups excluding carboxylic acids is 1. The van der Waals surface area contributed by atoms with Crippen LogP contribution in [0, 0.1) is 5.92 Å². The molecule has 0 aliphatic carbocycles. The summed E-state index contributed by atoms with van der Waals surface area (Å²) in [5, 5.41) is 0.709. The Labute approximate surface area is 180 Å². The Morgan fingerprint density at radius 3 is 2.36 bits per heavy atom. The second-order valence-corrected chi connectivity index (χ2v) is 8.86. The highest BCUT2D eigenvalue weighted by Crippen LogP contribution is 2.33. The Morgan fingerprint density at radius 2 is 1.75 bits per heavy atom. The van der Waals surface area contributed by atoms with Crippen LogP contribution in [0.4, 0.5) is 4.79 Å². The lowest BCUT2D eigenvalue weighted by atomic mass is 9.96. The van der Waals surface area contributed by atoms with Gasteiger partial charge >= 0.3 is 6.09 Å². The van der Waals surface area contributed by atoms with Gasteiger partial charge in [-0.1, -0.05) is 71.7 Å². The normalized spacial score (nSPS) is 16.2. The number of hydrogen-bond acceptors (Lipinski definition) is 3. The first-order valence-corrected chi connectivity index (χ1v) is 10.8. The molecular weight excluding hydrogens is 440 g/mol. The molecule has 1 heterocycles. The van der Waals surface area contributed by atoms with Gasteiger partial charge in [0.25, 0.3) is 0 Å². The Kier molecular flexibility index (Phi) is 7.38. The third kappa shape index (κ3) is 5.49. The second-order valence-electron chi connectivity index (χ2n) is 7.51. The van der Waals surface area contributed by atoms with E-state index in [0.717, 1.165) is 23.1 Å². The highest BCUT2D eigenvalue weighted by atomic mass is 79.9. The number of piperazine rings is 1. The summed E-state index contributed by atoms with van der Waals surface area (Å²) in [6.45, 7) is 7.41. The molecule has 0 N–H and O–H groups in total. The molecule has 0 aromatic heterocycles. The van der Waals surface area contributed by atoms with Crippen molar-refractivity contribution in [3.05, 3.63) is 69.2 Å². The van der Waals surface area contributed by atoms with E-state index in [2.05, 4.69) is 51.2 Å². The number of rotatable bonds is 5. The molecule has 0 radical (unpaired) electrons. The predicted molar refractivity (Wildman–Crippen MR) is 117 cm³/mol. The highest BCUT2D eigenvalue weighted by Gasteiger charge is 2.29. The smallest absolute Gasteiger partial charge is 0.409 e. The summed E-state index contributed by atoms with van der Waals surface area (Å²) < 4.78 is 6.35. The van der Waals surface area contributed by atoms with Crippen molar-refractivity contribution >= 4 is 33.6 Å². The minimum Gasteiger partial charge on any atom is -0.449 e. The first kappa shape index (κ1) is 21.2. The van der Waals surface area contributed by atoms with Gasteiger partial charge in [-0.25, -0.2) is 4.79 Å². The Balaban J connectivity index is 1.77. The fourth-order valence-electron chi connectivity index (χ4n) is 3.47. The summed E-state index contributed by atoms with van der Waals surface area (Å²) in [5.74, 6) is 0.342. The van der Waals surface area contributed by atoms with Crippen molar-refractivity contribution in [3.8, 4) is 0 Å². The van der Waals surface area contributed by atoms with Gasteiger partial charge < -0.3 is 9.64 Å². The monoisotopic (exact) mass is 464 g/mol. The van der Waals surface area contributed by atoms with Gasteiger partial charge in [-0.05, 0) is 35.2 Å². The standard InChI is InChI=1S/C22H26BrClN2O2/c1-16(2)15-28-22(27)26-10-8-25(9-11-26)21(17-6-4-3-5-7-17)18-12-19(23)14-20(24)13-18/h3-7,12-14,16,21H,8-11,15H2,1-2H3. The number of ether oxygens (including phenoxy) is 1. The SMILES string of the molecule is CC(C)COC(=O)N1CCN(C(c2ccccc2)c2cc(Cl)cc(Br)c2)CC1. The molecule has 2 aromatic carbocycles. The van der Waals surface area contributed by atoms with E-state index in [1.54, 1.807) is 4.90 Å². The molecule has 1 aliphatic rings. The van der Waals surface area contributed by atoms with Gasteiger partial charge in [0, 0.05) is 35.7 Å². The number of halogens is 2. The van der Waals surface area contributed by atoms with Crippen molar-refractivity contribution in [2.75, 3.05) is 32.8 Å². The van der Waals surface area contributed by atoms with Gasteiger partial charge in [0.2, 0.25) is 0 Å². The van der Waals surface area contributed by atoms with Crippen LogP contribution in [-0.4, -0.2) is 48.7 Å². The molecule has 3 rings (SSSR count). The van der Waals surface area contributed by atoms with E-state index in [4.69, 9.17) is 16.3 Å². The number of carbonyl (C=O) groups is 1. The van der Waals surface area contributed by atoms with E-state index in [1.807, 2.05) is 32.0 Å². The molecule has 0 spiro atoms. The lowest BCUT2D eigenvalue weighted by molar-refractivity contribution is 0.0624. The molecule has 28 heavy (non-hydrogen) atoms. The van der Waals surface area contributed by atoms with Gasteiger partial charge in [-0.15, -0.1) is 0 Å². The van der Waals surface area contributed by atoms with Gasteiger partial charge in [0.1, 0.15) is 0 Å². The number of hydrogen-bond donors (Lipinski definition) is 0. The van der Waals surface area contributed by atoms with Crippen molar-refractivity contribution in [2.24, 2.45) is 5.92 Å². The molecule has 1 saturated heterocycles. The minimum atomic E-state index is -0.213. The lowest BCUT2D eigenvalue weighted by Gasteiger charge is -2.39. The van der Waals surface area contributed by atoms with Crippen molar-refractivity contribution in [1.29, 1.82) is 0 Å². The Morgan fingerprint density at radius 1 is 1.07 bits per heavy atom. The molecule has 1 aliphatic heterocycles. The maximum atomic E-state index is 12.3. The second kappa shape index (κ2) is 9.77. The van der Waals surface area contributed by atoms with Crippen LogP contribution in [0.15, 0.2) is 53.0 Å². The summed E-state index contributed by atoms with van der Waals surface area (Å²) in [6, 6.07) is 16.5. The Hall–Kier alpha value is -1.56. The van der Waals surface area contributed by atoms with Crippen LogP contribution < -0.4 is 0 Å². The van der Waals surface area contributed by atoms with E-state index in [-0.39, 0.29) is 12.1 Å². The van der Waals surface area contributed by atoms with E-state index in [9.17, 15) is 4.79 Å². The first-order valence-electron chi connectivity index (χ1n) is 9.60. The minimum absolute atomic E-state index is 0.0880. The topological polar surface area (TPSA) is 32.8 Å². The molecule has 1 unspecified atom stereocenters. The van der Waals surface area contributed by atoms with Crippen LogP contribution in [0.5, 0.6) is 0 Å².